The van der Waals surface area contributed by atoms with Crippen LogP contribution in [0.3, 0.4) is 0 Å². The van der Waals surface area contributed by atoms with Crippen molar-refractivity contribution in [2.24, 2.45) is 5.92 Å². The van der Waals surface area contributed by atoms with E-state index >= 15 is 0 Å². The van der Waals surface area contributed by atoms with Crippen LogP contribution in [0.5, 0.6) is 17.2 Å². The smallest absolute Gasteiger partial charge is 0.251 e. The lowest BCUT2D eigenvalue weighted by Gasteiger charge is -2.33. The largest absolute Gasteiger partial charge is 0.493 e. The third-order valence-corrected chi connectivity index (χ3v) is 5.94. The van der Waals surface area contributed by atoms with Gasteiger partial charge in [0.1, 0.15) is 0 Å². The topological polar surface area (TPSA) is 97.4 Å². The van der Waals surface area contributed by atoms with Gasteiger partial charge in [0, 0.05) is 37.7 Å². The summed E-state index contributed by atoms with van der Waals surface area (Å²) in [6.07, 6.45) is 3.49. The standard InChI is InChI=1S/C22H31N3O6/c1-29-17-12-16(13-18(30-2)20(17)31-3)21(27)23-14-19(26)24-10-6-15(7-11-24)22(28)25-8-4-5-9-25/h12-13,15H,4-11,14H2,1-3H3,(H,23,27). The molecule has 31 heavy (non-hydrogen) atoms. The summed E-state index contributed by atoms with van der Waals surface area (Å²) >= 11 is 0. The van der Waals surface area contributed by atoms with Gasteiger partial charge in [0.05, 0.1) is 27.9 Å². The highest BCUT2D eigenvalue weighted by Gasteiger charge is 2.31. The van der Waals surface area contributed by atoms with Crippen molar-refractivity contribution in [1.29, 1.82) is 0 Å². The zero-order chi connectivity index (χ0) is 22.4. The van der Waals surface area contributed by atoms with Crippen molar-refractivity contribution in [3.05, 3.63) is 17.7 Å². The van der Waals surface area contributed by atoms with Crippen LogP contribution in [-0.2, 0) is 9.59 Å². The van der Waals surface area contributed by atoms with E-state index in [0.29, 0.717) is 48.7 Å². The van der Waals surface area contributed by atoms with Gasteiger partial charge in [0.25, 0.3) is 5.91 Å². The number of likely N-dealkylation sites (tertiary alicyclic amines) is 2. The molecule has 0 bridgehead atoms. The van der Waals surface area contributed by atoms with E-state index in [4.69, 9.17) is 14.2 Å². The number of benzene rings is 1. The summed E-state index contributed by atoms with van der Waals surface area (Å²) in [7, 11) is 4.43. The van der Waals surface area contributed by atoms with Crippen LogP contribution in [0.4, 0.5) is 0 Å². The minimum absolute atomic E-state index is 0.00373. The van der Waals surface area contributed by atoms with Crippen LogP contribution in [0.15, 0.2) is 12.1 Å². The molecule has 9 heteroatoms. The molecule has 0 radical (unpaired) electrons. The van der Waals surface area contributed by atoms with Crippen LogP contribution in [0.1, 0.15) is 36.0 Å². The molecule has 3 rings (SSSR count). The van der Waals surface area contributed by atoms with E-state index in [9.17, 15) is 14.4 Å². The Morgan fingerprint density at radius 2 is 1.48 bits per heavy atom. The number of amides is 3. The molecule has 2 aliphatic rings. The molecule has 3 amide bonds. The van der Waals surface area contributed by atoms with Crippen LogP contribution in [-0.4, -0.2) is 81.6 Å². The average molecular weight is 434 g/mol. The number of nitrogens with zero attached hydrogens (tertiary/aromatic N) is 2. The van der Waals surface area contributed by atoms with Crippen LogP contribution < -0.4 is 19.5 Å². The van der Waals surface area contributed by atoms with Gasteiger partial charge >= 0.3 is 0 Å². The molecule has 0 spiro atoms. The lowest BCUT2D eigenvalue weighted by molar-refractivity contribution is -0.139. The normalized spacial score (nSPS) is 16.7. The first kappa shape index (κ1) is 22.7. The fourth-order valence-corrected chi connectivity index (χ4v) is 4.15. The summed E-state index contributed by atoms with van der Waals surface area (Å²) in [4.78, 5) is 41.3. The molecule has 1 N–H and O–H groups in total. The minimum atomic E-state index is -0.410. The summed E-state index contributed by atoms with van der Waals surface area (Å²) < 4.78 is 15.8. The molecule has 0 saturated carbocycles. The van der Waals surface area contributed by atoms with Crippen LogP contribution in [0.2, 0.25) is 0 Å². The zero-order valence-electron chi connectivity index (χ0n) is 18.4. The van der Waals surface area contributed by atoms with Crippen molar-refractivity contribution in [3.8, 4) is 17.2 Å². The van der Waals surface area contributed by atoms with Crippen molar-refractivity contribution in [2.45, 2.75) is 25.7 Å². The second-order valence-corrected chi connectivity index (χ2v) is 7.78. The molecular weight excluding hydrogens is 402 g/mol. The van der Waals surface area contributed by atoms with Gasteiger partial charge in [-0.2, -0.15) is 0 Å². The maximum atomic E-state index is 12.6. The summed E-state index contributed by atoms with van der Waals surface area (Å²) in [5.74, 6) is 0.769. The van der Waals surface area contributed by atoms with Gasteiger partial charge in [-0.15, -0.1) is 0 Å². The van der Waals surface area contributed by atoms with Gasteiger partial charge in [0.2, 0.25) is 17.6 Å². The highest BCUT2D eigenvalue weighted by atomic mass is 16.5. The van der Waals surface area contributed by atoms with Crippen molar-refractivity contribution < 1.29 is 28.6 Å². The Kier molecular flexibility index (Phi) is 7.59. The molecular formula is C22H31N3O6. The summed E-state index contributed by atoms with van der Waals surface area (Å²) in [5.41, 5.74) is 0.303. The van der Waals surface area contributed by atoms with Crippen molar-refractivity contribution in [1.82, 2.24) is 15.1 Å². The van der Waals surface area contributed by atoms with E-state index < -0.39 is 5.91 Å². The molecule has 9 nitrogen and oxygen atoms in total. The molecule has 1 aromatic rings. The molecule has 0 unspecified atom stereocenters. The predicted molar refractivity (Wildman–Crippen MR) is 114 cm³/mol. The van der Waals surface area contributed by atoms with Crippen molar-refractivity contribution in [2.75, 3.05) is 54.1 Å². The van der Waals surface area contributed by atoms with E-state index in [0.717, 1.165) is 25.9 Å². The monoisotopic (exact) mass is 433 g/mol. The highest BCUT2D eigenvalue weighted by molar-refractivity contribution is 5.97. The first-order valence-electron chi connectivity index (χ1n) is 10.6. The number of hydrogen-bond donors (Lipinski definition) is 1. The number of piperidine rings is 1. The summed E-state index contributed by atoms with van der Waals surface area (Å²) in [6, 6.07) is 3.08. The number of methoxy groups -OCH3 is 3. The van der Waals surface area contributed by atoms with E-state index in [1.54, 1.807) is 4.90 Å². The van der Waals surface area contributed by atoms with Gasteiger partial charge in [0.15, 0.2) is 11.5 Å². The van der Waals surface area contributed by atoms with E-state index in [1.165, 1.54) is 33.5 Å². The molecule has 0 aliphatic carbocycles. The first-order chi connectivity index (χ1) is 15.0. The fraction of sp³-hybridized carbons (Fsp3) is 0.591. The number of carbonyl (C=O) groups excluding carboxylic acids is 3. The summed E-state index contributed by atoms with van der Waals surface area (Å²) in [6.45, 7) is 2.66. The highest BCUT2D eigenvalue weighted by Crippen LogP contribution is 2.38. The maximum Gasteiger partial charge on any atom is 0.251 e. The minimum Gasteiger partial charge on any atom is -0.493 e. The number of carbonyl (C=O) groups is 3. The van der Waals surface area contributed by atoms with E-state index in [1.807, 2.05) is 4.90 Å². The van der Waals surface area contributed by atoms with Gasteiger partial charge in [-0.1, -0.05) is 0 Å². The van der Waals surface area contributed by atoms with E-state index in [-0.39, 0.29) is 24.3 Å². The lowest BCUT2D eigenvalue weighted by Crippen LogP contribution is -2.46. The quantitative estimate of drug-likeness (QED) is 0.696. The maximum absolute atomic E-state index is 12.6. The van der Waals surface area contributed by atoms with Crippen LogP contribution >= 0.6 is 0 Å². The van der Waals surface area contributed by atoms with Gasteiger partial charge in [-0.3, -0.25) is 14.4 Å². The zero-order valence-corrected chi connectivity index (χ0v) is 18.4. The summed E-state index contributed by atoms with van der Waals surface area (Å²) in [5, 5.41) is 2.66. The number of ether oxygens (including phenoxy) is 3. The van der Waals surface area contributed by atoms with Crippen LogP contribution in [0.25, 0.3) is 0 Å². The molecule has 2 aliphatic heterocycles. The first-order valence-corrected chi connectivity index (χ1v) is 10.6. The third kappa shape index (κ3) is 5.21. The fourth-order valence-electron chi connectivity index (χ4n) is 4.15. The Balaban J connectivity index is 1.52. The SMILES string of the molecule is COc1cc(C(=O)NCC(=O)N2CCC(C(=O)N3CCCC3)CC2)cc(OC)c1OC. The van der Waals surface area contributed by atoms with Crippen molar-refractivity contribution >= 4 is 17.7 Å². The molecule has 170 valence electrons. The van der Waals surface area contributed by atoms with Crippen molar-refractivity contribution in [3.63, 3.8) is 0 Å². The van der Waals surface area contributed by atoms with E-state index in [2.05, 4.69) is 5.32 Å². The molecule has 2 saturated heterocycles. The van der Waals surface area contributed by atoms with Crippen LogP contribution in [0, 0.1) is 5.92 Å². The Labute approximate surface area is 182 Å². The van der Waals surface area contributed by atoms with Gasteiger partial charge < -0.3 is 29.3 Å². The predicted octanol–water partition coefficient (Wildman–Crippen LogP) is 1.30. The number of nitrogens with one attached hydrogen (secondary N) is 1. The van der Waals surface area contributed by atoms with Gasteiger partial charge in [-0.05, 0) is 37.8 Å². The molecule has 2 fully saturated rings. The number of hydrogen-bond acceptors (Lipinski definition) is 6. The molecule has 0 atom stereocenters. The molecule has 2 heterocycles. The second-order valence-electron chi connectivity index (χ2n) is 7.78. The Hall–Kier alpha value is -2.97. The third-order valence-electron chi connectivity index (χ3n) is 5.94. The second kappa shape index (κ2) is 10.4. The average Bonchev–Trinajstić information content (AvgIpc) is 3.35. The number of rotatable bonds is 7. The molecule has 0 aromatic heterocycles. The Morgan fingerprint density at radius 3 is 2.00 bits per heavy atom. The van der Waals surface area contributed by atoms with Gasteiger partial charge in [-0.25, -0.2) is 0 Å². The Morgan fingerprint density at radius 1 is 0.903 bits per heavy atom. The molecule has 1 aromatic carbocycles. The Bertz CT molecular complexity index is 788. The lowest BCUT2D eigenvalue weighted by atomic mass is 9.95.